The highest BCUT2D eigenvalue weighted by atomic mass is 79.9. The van der Waals surface area contributed by atoms with E-state index in [2.05, 4.69) is 27.8 Å². The van der Waals surface area contributed by atoms with E-state index in [0.717, 1.165) is 27.9 Å². The summed E-state index contributed by atoms with van der Waals surface area (Å²) in [5.41, 5.74) is 2.27. The number of unbranched alkanes of at least 4 members (excludes halogenated alkanes) is 5. The third-order valence-electron chi connectivity index (χ3n) is 5.12. The number of carbonyl (C=O) groups excluding carboxylic acids is 1. The molecule has 0 N–H and O–H groups in total. The molecule has 0 aromatic heterocycles. The first kappa shape index (κ1) is 24.7. The second-order valence-corrected chi connectivity index (χ2v) is 8.75. The van der Waals surface area contributed by atoms with Crippen LogP contribution in [0.2, 0.25) is 0 Å². The molecule has 0 aliphatic heterocycles. The average Bonchev–Trinajstić information content (AvgIpc) is 2.83. The van der Waals surface area contributed by atoms with Crippen LogP contribution in [0.1, 0.15) is 61.4 Å². The van der Waals surface area contributed by atoms with Crippen molar-refractivity contribution in [1.29, 1.82) is 0 Å². The molecule has 33 heavy (non-hydrogen) atoms. The predicted molar refractivity (Wildman–Crippen MR) is 138 cm³/mol. The molecule has 0 unspecified atom stereocenters. The van der Waals surface area contributed by atoms with E-state index in [9.17, 15) is 4.79 Å². The fourth-order valence-electron chi connectivity index (χ4n) is 3.25. The standard InChI is InChI=1S/C28H30BrNO3/c1-2-3-4-5-6-7-19-32-26-17-13-23(14-18-26)28(31)33-27-15-11-22(12-16-27)21-30-25-10-8-9-24(29)20-25/h8-18,20-21H,2-7,19H2,1H3. The van der Waals surface area contributed by atoms with Gasteiger partial charge in [0, 0.05) is 10.7 Å². The molecule has 0 atom stereocenters. The molecule has 3 aromatic rings. The van der Waals surface area contributed by atoms with E-state index in [0.29, 0.717) is 17.9 Å². The number of benzene rings is 3. The van der Waals surface area contributed by atoms with Crippen molar-refractivity contribution in [2.45, 2.75) is 45.4 Å². The smallest absolute Gasteiger partial charge is 0.343 e. The van der Waals surface area contributed by atoms with Crippen molar-refractivity contribution in [2.24, 2.45) is 4.99 Å². The second kappa shape index (κ2) is 13.6. The second-order valence-electron chi connectivity index (χ2n) is 7.84. The molecule has 0 fully saturated rings. The Hall–Kier alpha value is -2.92. The molecule has 0 heterocycles. The summed E-state index contributed by atoms with van der Waals surface area (Å²) in [6.07, 6.45) is 9.16. The highest BCUT2D eigenvalue weighted by molar-refractivity contribution is 9.10. The maximum absolute atomic E-state index is 12.4. The number of ether oxygens (including phenoxy) is 2. The Kier molecular flexibility index (Phi) is 10.2. The SMILES string of the molecule is CCCCCCCCOc1ccc(C(=O)Oc2ccc(C=Nc3cccc(Br)c3)cc2)cc1. The van der Waals surface area contributed by atoms with Crippen LogP contribution in [0.3, 0.4) is 0 Å². The van der Waals surface area contributed by atoms with Crippen molar-refractivity contribution < 1.29 is 14.3 Å². The van der Waals surface area contributed by atoms with Crippen LogP contribution in [0, 0.1) is 0 Å². The van der Waals surface area contributed by atoms with Crippen molar-refractivity contribution >= 4 is 33.8 Å². The van der Waals surface area contributed by atoms with Gasteiger partial charge in [-0.05, 0) is 78.7 Å². The summed E-state index contributed by atoms with van der Waals surface area (Å²) in [5, 5.41) is 0. The van der Waals surface area contributed by atoms with E-state index in [1.54, 1.807) is 30.5 Å². The van der Waals surface area contributed by atoms with Gasteiger partial charge in [0.2, 0.25) is 0 Å². The molecule has 0 amide bonds. The van der Waals surface area contributed by atoms with Crippen LogP contribution in [-0.4, -0.2) is 18.8 Å². The molecular weight excluding hydrogens is 478 g/mol. The minimum absolute atomic E-state index is 0.395. The van der Waals surface area contributed by atoms with Gasteiger partial charge >= 0.3 is 5.97 Å². The van der Waals surface area contributed by atoms with Crippen molar-refractivity contribution in [2.75, 3.05) is 6.61 Å². The lowest BCUT2D eigenvalue weighted by Crippen LogP contribution is -2.08. The maximum atomic E-state index is 12.4. The van der Waals surface area contributed by atoms with Gasteiger partial charge in [-0.25, -0.2) is 4.79 Å². The van der Waals surface area contributed by atoms with Gasteiger partial charge in [0.25, 0.3) is 0 Å². The number of hydrogen-bond acceptors (Lipinski definition) is 4. The molecule has 0 saturated heterocycles. The van der Waals surface area contributed by atoms with Gasteiger partial charge in [0.1, 0.15) is 11.5 Å². The summed E-state index contributed by atoms with van der Waals surface area (Å²) in [7, 11) is 0. The van der Waals surface area contributed by atoms with Gasteiger partial charge in [-0.1, -0.05) is 61.0 Å². The third kappa shape index (κ3) is 8.85. The van der Waals surface area contributed by atoms with E-state index in [1.807, 2.05) is 48.5 Å². The zero-order chi connectivity index (χ0) is 23.3. The summed E-state index contributed by atoms with van der Waals surface area (Å²) in [5.74, 6) is 0.866. The summed E-state index contributed by atoms with van der Waals surface area (Å²) in [6.45, 7) is 2.92. The largest absolute Gasteiger partial charge is 0.494 e. The fraction of sp³-hybridized carbons (Fsp3) is 0.286. The van der Waals surface area contributed by atoms with Gasteiger partial charge in [0.15, 0.2) is 0 Å². The quantitative estimate of drug-likeness (QED) is 0.107. The minimum Gasteiger partial charge on any atom is -0.494 e. The molecule has 4 nitrogen and oxygen atoms in total. The van der Waals surface area contributed by atoms with Crippen LogP contribution >= 0.6 is 15.9 Å². The van der Waals surface area contributed by atoms with Gasteiger partial charge in [0.05, 0.1) is 17.9 Å². The highest BCUT2D eigenvalue weighted by Crippen LogP contribution is 2.20. The third-order valence-corrected chi connectivity index (χ3v) is 5.61. The lowest BCUT2D eigenvalue weighted by atomic mass is 10.1. The fourth-order valence-corrected chi connectivity index (χ4v) is 3.64. The molecule has 0 radical (unpaired) electrons. The highest BCUT2D eigenvalue weighted by Gasteiger charge is 2.09. The van der Waals surface area contributed by atoms with Crippen LogP contribution in [0.15, 0.2) is 82.3 Å². The lowest BCUT2D eigenvalue weighted by Gasteiger charge is -2.08. The summed E-state index contributed by atoms with van der Waals surface area (Å²) in [4.78, 5) is 16.9. The lowest BCUT2D eigenvalue weighted by molar-refractivity contribution is 0.0734. The molecule has 3 rings (SSSR count). The molecule has 0 aliphatic carbocycles. The van der Waals surface area contributed by atoms with Crippen LogP contribution < -0.4 is 9.47 Å². The van der Waals surface area contributed by atoms with E-state index in [4.69, 9.17) is 9.47 Å². The van der Waals surface area contributed by atoms with Crippen LogP contribution in [0.5, 0.6) is 11.5 Å². The van der Waals surface area contributed by atoms with Crippen molar-refractivity contribution in [1.82, 2.24) is 0 Å². The van der Waals surface area contributed by atoms with Crippen molar-refractivity contribution in [3.8, 4) is 11.5 Å². The molecule has 0 spiro atoms. The Morgan fingerprint density at radius 2 is 1.58 bits per heavy atom. The Morgan fingerprint density at radius 1 is 0.879 bits per heavy atom. The molecular formula is C28H30BrNO3. The van der Waals surface area contributed by atoms with Crippen LogP contribution in [0.4, 0.5) is 5.69 Å². The molecule has 5 heteroatoms. The number of carbonyl (C=O) groups is 1. The first-order valence-corrected chi connectivity index (χ1v) is 12.3. The topological polar surface area (TPSA) is 47.9 Å². The van der Waals surface area contributed by atoms with E-state index in [1.165, 1.54) is 32.1 Å². The number of aliphatic imine (C=N–C) groups is 1. The van der Waals surface area contributed by atoms with Gasteiger partial charge in [-0.15, -0.1) is 0 Å². The van der Waals surface area contributed by atoms with Gasteiger partial charge in [-0.2, -0.15) is 0 Å². The first-order valence-electron chi connectivity index (χ1n) is 11.5. The number of halogens is 1. The molecule has 3 aromatic carbocycles. The summed E-state index contributed by atoms with van der Waals surface area (Å²) >= 11 is 3.44. The average molecular weight is 508 g/mol. The number of esters is 1. The molecule has 172 valence electrons. The van der Waals surface area contributed by atoms with E-state index >= 15 is 0 Å². The molecule has 0 aliphatic rings. The van der Waals surface area contributed by atoms with E-state index in [-0.39, 0.29) is 0 Å². The number of nitrogens with zero attached hydrogens (tertiary/aromatic N) is 1. The van der Waals surface area contributed by atoms with Gasteiger partial charge in [-0.3, -0.25) is 4.99 Å². The van der Waals surface area contributed by atoms with Crippen LogP contribution in [0.25, 0.3) is 0 Å². The Bertz CT molecular complexity index is 1030. The molecule has 0 bridgehead atoms. The van der Waals surface area contributed by atoms with Gasteiger partial charge < -0.3 is 9.47 Å². The zero-order valence-electron chi connectivity index (χ0n) is 19.0. The first-order chi connectivity index (χ1) is 16.1. The Balaban J connectivity index is 1.44. The Labute approximate surface area is 204 Å². The zero-order valence-corrected chi connectivity index (χ0v) is 20.6. The summed E-state index contributed by atoms with van der Waals surface area (Å²) < 4.78 is 12.2. The minimum atomic E-state index is -0.395. The number of hydrogen-bond donors (Lipinski definition) is 0. The van der Waals surface area contributed by atoms with E-state index < -0.39 is 5.97 Å². The maximum Gasteiger partial charge on any atom is 0.343 e. The predicted octanol–water partition coefficient (Wildman–Crippen LogP) is 8.16. The molecule has 0 saturated carbocycles. The normalized spacial score (nSPS) is 11.0. The van der Waals surface area contributed by atoms with Crippen LogP contribution in [-0.2, 0) is 0 Å². The number of rotatable bonds is 12. The Morgan fingerprint density at radius 3 is 2.30 bits per heavy atom. The monoisotopic (exact) mass is 507 g/mol. The summed E-state index contributed by atoms with van der Waals surface area (Å²) in [6, 6.07) is 22.1. The van der Waals surface area contributed by atoms with Crippen molar-refractivity contribution in [3.63, 3.8) is 0 Å². The van der Waals surface area contributed by atoms with Crippen molar-refractivity contribution in [3.05, 3.63) is 88.4 Å².